The highest BCUT2D eigenvalue weighted by atomic mass is 35.5. The Balaban J connectivity index is 1.43. The molecule has 0 atom stereocenters. The summed E-state index contributed by atoms with van der Waals surface area (Å²) in [6.07, 6.45) is 5.43. The van der Waals surface area contributed by atoms with Crippen LogP contribution in [0.2, 0.25) is 5.02 Å². The molecule has 1 aliphatic rings. The van der Waals surface area contributed by atoms with Crippen molar-refractivity contribution < 1.29 is 14.1 Å². The van der Waals surface area contributed by atoms with Crippen LogP contribution in [0.4, 0.5) is 10.5 Å². The number of rotatable bonds is 6. The summed E-state index contributed by atoms with van der Waals surface area (Å²) in [6.45, 7) is 2.76. The quantitative estimate of drug-likeness (QED) is 0.595. The van der Waals surface area contributed by atoms with Crippen LogP contribution in [-0.4, -0.2) is 44.9 Å². The van der Waals surface area contributed by atoms with E-state index in [2.05, 4.69) is 10.3 Å². The largest absolute Gasteiger partial charge is 0.361 e. The third-order valence-electron chi connectivity index (χ3n) is 4.66. The molecule has 1 aromatic carbocycles. The minimum Gasteiger partial charge on any atom is -0.361 e. The number of benzene rings is 1. The molecular formula is C19H18ClN5O3. The Morgan fingerprint density at radius 2 is 2.11 bits per heavy atom. The van der Waals surface area contributed by atoms with Gasteiger partial charge in [0.15, 0.2) is 0 Å². The predicted octanol–water partition coefficient (Wildman–Crippen LogP) is 2.89. The molecule has 28 heavy (non-hydrogen) atoms. The van der Waals surface area contributed by atoms with Gasteiger partial charge in [0.1, 0.15) is 12.3 Å². The second kappa shape index (κ2) is 7.47. The van der Waals surface area contributed by atoms with Crippen LogP contribution in [0.25, 0.3) is 0 Å². The summed E-state index contributed by atoms with van der Waals surface area (Å²) in [6, 6.07) is 7.14. The molecule has 1 fully saturated rings. The maximum absolute atomic E-state index is 12.7. The smallest absolute Gasteiger partial charge is 0.331 e. The number of hydrogen-bond acceptors (Lipinski definition) is 5. The van der Waals surface area contributed by atoms with Gasteiger partial charge in [-0.25, -0.2) is 9.69 Å². The monoisotopic (exact) mass is 399 g/mol. The fourth-order valence-electron chi connectivity index (χ4n) is 3.14. The summed E-state index contributed by atoms with van der Waals surface area (Å²) < 4.78 is 6.68. The first-order chi connectivity index (χ1) is 13.5. The lowest BCUT2D eigenvalue weighted by Crippen LogP contribution is -2.33. The lowest BCUT2D eigenvalue weighted by molar-refractivity contribution is -0.116. The topological polar surface area (TPSA) is 84.5 Å². The molecule has 0 aliphatic carbocycles. The van der Waals surface area contributed by atoms with Gasteiger partial charge in [-0.1, -0.05) is 28.9 Å². The van der Waals surface area contributed by atoms with Crippen LogP contribution < -0.4 is 4.90 Å². The zero-order valence-corrected chi connectivity index (χ0v) is 16.0. The van der Waals surface area contributed by atoms with E-state index in [4.69, 9.17) is 16.1 Å². The van der Waals surface area contributed by atoms with Crippen molar-refractivity contribution in [1.82, 2.24) is 19.8 Å². The predicted molar refractivity (Wildman–Crippen MR) is 102 cm³/mol. The van der Waals surface area contributed by atoms with Crippen LogP contribution in [-0.2, 0) is 17.8 Å². The zero-order valence-electron chi connectivity index (χ0n) is 15.2. The van der Waals surface area contributed by atoms with Crippen molar-refractivity contribution >= 4 is 29.2 Å². The van der Waals surface area contributed by atoms with Crippen molar-refractivity contribution in [3.05, 3.63) is 64.8 Å². The highest BCUT2D eigenvalue weighted by Crippen LogP contribution is 2.22. The molecule has 0 spiro atoms. The molecule has 0 radical (unpaired) electrons. The lowest BCUT2D eigenvalue weighted by Gasteiger charge is -2.16. The van der Waals surface area contributed by atoms with E-state index in [9.17, 15) is 9.59 Å². The number of halogens is 1. The molecule has 3 heterocycles. The van der Waals surface area contributed by atoms with Gasteiger partial charge in [-0.15, -0.1) is 0 Å². The first kappa shape index (κ1) is 18.2. The molecule has 0 unspecified atom stereocenters. The van der Waals surface area contributed by atoms with E-state index in [0.29, 0.717) is 36.0 Å². The molecule has 0 saturated carbocycles. The van der Waals surface area contributed by atoms with E-state index in [0.717, 1.165) is 11.1 Å². The fourth-order valence-corrected chi connectivity index (χ4v) is 3.35. The van der Waals surface area contributed by atoms with Crippen LogP contribution in [0.1, 0.15) is 16.9 Å². The van der Waals surface area contributed by atoms with Gasteiger partial charge in [0, 0.05) is 23.3 Å². The second-order valence-corrected chi connectivity index (χ2v) is 7.05. The van der Waals surface area contributed by atoms with Gasteiger partial charge in [-0.2, -0.15) is 5.10 Å². The normalized spacial score (nSPS) is 14.4. The molecule has 4 rings (SSSR count). The molecule has 1 saturated heterocycles. The standard InChI is InChI=1S/C19H18ClN5O3/c1-13-15(8-22-28-13)10-24-11-17(9-21-24)25-18(26)12-23(19(25)27)6-5-14-3-2-4-16(20)7-14/h2-4,7-9,11H,5-6,10,12H2,1H3. The minimum atomic E-state index is -0.340. The Hall–Kier alpha value is -3.13. The first-order valence-corrected chi connectivity index (χ1v) is 9.18. The van der Waals surface area contributed by atoms with Gasteiger partial charge in [-0.05, 0) is 31.0 Å². The number of carbonyl (C=O) groups is 2. The minimum absolute atomic E-state index is 0.0509. The maximum Gasteiger partial charge on any atom is 0.331 e. The van der Waals surface area contributed by atoms with Crippen LogP contribution in [0.3, 0.4) is 0 Å². The highest BCUT2D eigenvalue weighted by molar-refractivity contribution is 6.30. The number of anilines is 1. The van der Waals surface area contributed by atoms with Crippen molar-refractivity contribution in [3.63, 3.8) is 0 Å². The number of amides is 3. The summed E-state index contributed by atoms with van der Waals surface area (Å²) in [5, 5.41) is 8.63. The van der Waals surface area contributed by atoms with E-state index in [1.54, 1.807) is 23.1 Å². The van der Waals surface area contributed by atoms with Gasteiger partial charge in [-0.3, -0.25) is 9.48 Å². The van der Waals surface area contributed by atoms with Gasteiger partial charge in [0.05, 0.1) is 24.6 Å². The number of carbonyl (C=O) groups excluding carboxylic acids is 2. The molecular weight excluding hydrogens is 382 g/mol. The summed E-state index contributed by atoms with van der Waals surface area (Å²) in [5.74, 6) is 0.439. The van der Waals surface area contributed by atoms with Crippen molar-refractivity contribution in [2.45, 2.75) is 19.9 Å². The average Bonchev–Trinajstić information content (AvgIpc) is 3.35. The molecule has 9 heteroatoms. The highest BCUT2D eigenvalue weighted by Gasteiger charge is 2.37. The third-order valence-corrected chi connectivity index (χ3v) is 4.89. The van der Waals surface area contributed by atoms with E-state index in [1.165, 1.54) is 16.0 Å². The van der Waals surface area contributed by atoms with E-state index in [1.807, 2.05) is 25.1 Å². The van der Waals surface area contributed by atoms with E-state index in [-0.39, 0.29) is 18.5 Å². The maximum atomic E-state index is 12.7. The van der Waals surface area contributed by atoms with Crippen LogP contribution in [0.15, 0.2) is 47.4 Å². The van der Waals surface area contributed by atoms with Crippen LogP contribution in [0, 0.1) is 6.92 Å². The van der Waals surface area contributed by atoms with Gasteiger partial charge >= 0.3 is 6.03 Å². The van der Waals surface area contributed by atoms with Crippen molar-refractivity contribution in [1.29, 1.82) is 0 Å². The van der Waals surface area contributed by atoms with Crippen molar-refractivity contribution in [2.24, 2.45) is 0 Å². The number of aryl methyl sites for hydroxylation is 1. The first-order valence-electron chi connectivity index (χ1n) is 8.80. The Kier molecular flexibility index (Phi) is 4.87. The third kappa shape index (κ3) is 3.63. The Morgan fingerprint density at radius 3 is 2.86 bits per heavy atom. The van der Waals surface area contributed by atoms with E-state index >= 15 is 0 Å². The number of imide groups is 1. The summed E-state index contributed by atoms with van der Waals surface area (Å²) in [7, 11) is 0. The molecule has 3 amide bonds. The fraction of sp³-hybridized carbons (Fsp3) is 0.263. The number of aromatic nitrogens is 3. The molecule has 0 N–H and O–H groups in total. The Bertz CT molecular complexity index is 1030. The SMILES string of the molecule is Cc1oncc1Cn1cc(N2C(=O)CN(CCc3cccc(Cl)c3)C2=O)cn1. The van der Waals surface area contributed by atoms with Crippen molar-refractivity contribution in [3.8, 4) is 0 Å². The van der Waals surface area contributed by atoms with Gasteiger partial charge < -0.3 is 9.42 Å². The van der Waals surface area contributed by atoms with E-state index < -0.39 is 0 Å². The molecule has 3 aromatic rings. The molecule has 2 aromatic heterocycles. The average molecular weight is 400 g/mol. The van der Waals surface area contributed by atoms with Gasteiger partial charge in [0.25, 0.3) is 5.91 Å². The number of nitrogens with zero attached hydrogens (tertiary/aromatic N) is 5. The summed E-state index contributed by atoms with van der Waals surface area (Å²) in [5.41, 5.74) is 2.36. The number of urea groups is 1. The molecule has 144 valence electrons. The second-order valence-electron chi connectivity index (χ2n) is 6.62. The zero-order chi connectivity index (χ0) is 19.7. The van der Waals surface area contributed by atoms with Crippen LogP contribution >= 0.6 is 11.6 Å². The summed E-state index contributed by atoms with van der Waals surface area (Å²) >= 11 is 6.00. The molecule has 0 bridgehead atoms. The Morgan fingerprint density at radius 1 is 1.25 bits per heavy atom. The van der Waals surface area contributed by atoms with Gasteiger partial charge in [0.2, 0.25) is 0 Å². The Labute approximate surface area is 166 Å². The summed E-state index contributed by atoms with van der Waals surface area (Å²) in [4.78, 5) is 27.9. The lowest BCUT2D eigenvalue weighted by atomic mass is 10.1. The molecule has 1 aliphatic heterocycles. The van der Waals surface area contributed by atoms with Crippen LogP contribution in [0.5, 0.6) is 0 Å². The number of hydrogen-bond donors (Lipinski definition) is 0. The molecule has 8 nitrogen and oxygen atoms in total. The van der Waals surface area contributed by atoms with Crippen molar-refractivity contribution in [2.75, 3.05) is 18.0 Å².